The fourth-order valence-electron chi connectivity index (χ4n) is 4.17. The lowest BCUT2D eigenvalue weighted by Gasteiger charge is -2.29. The van der Waals surface area contributed by atoms with Crippen LogP contribution in [0.1, 0.15) is 52.0 Å². The number of nitrogens with one attached hydrogen (secondary N) is 1. The lowest BCUT2D eigenvalue weighted by molar-refractivity contribution is -0.117. The third-order valence-electron chi connectivity index (χ3n) is 5.54. The van der Waals surface area contributed by atoms with E-state index in [2.05, 4.69) is 5.32 Å². The smallest absolute Gasteiger partial charge is 0.239 e. The van der Waals surface area contributed by atoms with Gasteiger partial charge in [-0.15, -0.1) is 11.3 Å². The monoisotopic (exact) mass is 398 g/mol. The number of piperidine rings is 1. The molecule has 148 valence electrons. The minimum absolute atomic E-state index is 0.0105. The van der Waals surface area contributed by atoms with Crippen molar-refractivity contribution in [1.29, 1.82) is 0 Å². The zero-order valence-corrected chi connectivity index (χ0v) is 16.8. The van der Waals surface area contributed by atoms with E-state index in [1.54, 1.807) is 11.3 Å². The van der Waals surface area contributed by atoms with Crippen molar-refractivity contribution in [3.05, 3.63) is 51.9 Å². The maximum Gasteiger partial charge on any atom is 0.239 e. The van der Waals surface area contributed by atoms with Crippen molar-refractivity contribution in [3.63, 3.8) is 0 Å². The van der Waals surface area contributed by atoms with E-state index in [0.29, 0.717) is 22.7 Å². The van der Waals surface area contributed by atoms with E-state index >= 15 is 0 Å². The van der Waals surface area contributed by atoms with Crippen LogP contribution in [-0.4, -0.2) is 47.4 Å². The van der Waals surface area contributed by atoms with Crippen LogP contribution in [0.15, 0.2) is 30.3 Å². The average Bonchev–Trinajstić information content (AvgIpc) is 3.05. The summed E-state index contributed by atoms with van der Waals surface area (Å²) < 4.78 is 0. The Morgan fingerprint density at radius 3 is 2.71 bits per heavy atom. The first-order valence-electron chi connectivity index (χ1n) is 10.1. The molecular weight excluding hydrogens is 372 g/mol. The molecular formula is C22H26N2O3S. The van der Waals surface area contributed by atoms with Crippen molar-refractivity contribution in [2.24, 2.45) is 0 Å². The molecule has 2 aromatic rings. The summed E-state index contributed by atoms with van der Waals surface area (Å²) in [7, 11) is 0. The number of hydrogen-bond donors (Lipinski definition) is 2. The standard InChI is InChI=1S/C22H26N2O3S/c25-16-9-6-12-24(13-16)14-19(26)23-22-20(17-10-4-5-11-18(17)28-22)21(27)15-7-2-1-3-8-15/h1-3,7-8,16,25H,4-6,9-14H2,(H,23,26). The minimum Gasteiger partial charge on any atom is -0.392 e. The molecule has 0 bridgehead atoms. The Bertz CT molecular complexity index is 862. The van der Waals surface area contributed by atoms with E-state index in [4.69, 9.17) is 0 Å². The van der Waals surface area contributed by atoms with Crippen LogP contribution in [0.5, 0.6) is 0 Å². The van der Waals surface area contributed by atoms with Gasteiger partial charge in [-0.2, -0.15) is 0 Å². The molecule has 5 nitrogen and oxygen atoms in total. The molecule has 1 amide bonds. The maximum absolute atomic E-state index is 13.2. The number of carbonyl (C=O) groups excluding carboxylic acids is 2. The lowest BCUT2D eigenvalue weighted by atomic mass is 9.92. The number of likely N-dealkylation sites (tertiary alicyclic amines) is 1. The summed E-state index contributed by atoms with van der Waals surface area (Å²) in [6, 6.07) is 9.29. The first kappa shape index (κ1) is 19.3. The number of β-amino-alcohol motifs (C(OH)–C–C–N with tert-alkyl or cyclic N) is 1. The molecule has 4 rings (SSSR count). The quantitative estimate of drug-likeness (QED) is 0.759. The maximum atomic E-state index is 13.2. The van der Waals surface area contributed by atoms with Gasteiger partial charge in [-0.05, 0) is 50.6 Å². The van der Waals surface area contributed by atoms with Crippen molar-refractivity contribution in [2.45, 2.75) is 44.6 Å². The molecule has 1 fully saturated rings. The van der Waals surface area contributed by atoms with Crippen LogP contribution in [-0.2, 0) is 17.6 Å². The number of ketones is 1. The van der Waals surface area contributed by atoms with Crippen molar-refractivity contribution in [2.75, 3.05) is 25.0 Å². The van der Waals surface area contributed by atoms with Gasteiger partial charge in [-0.25, -0.2) is 0 Å². The Hall–Kier alpha value is -2.02. The zero-order valence-electron chi connectivity index (χ0n) is 15.9. The zero-order chi connectivity index (χ0) is 19.5. The molecule has 2 N–H and O–H groups in total. The fourth-order valence-corrected chi connectivity index (χ4v) is 5.47. The molecule has 1 aliphatic heterocycles. The van der Waals surface area contributed by atoms with Crippen molar-refractivity contribution in [1.82, 2.24) is 4.90 Å². The predicted molar refractivity (Wildman–Crippen MR) is 111 cm³/mol. The second-order valence-corrected chi connectivity index (χ2v) is 8.79. The highest BCUT2D eigenvalue weighted by molar-refractivity contribution is 7.17. The van der Waals surface area contributed by atoms with Gasteiger partial charge in [-0.3, -0.25) is 14.5 Å². The highest BCUT2D eigenvalue weighted by Crippen LogP contribution is 2.39. The number of aliphatic hydroxyl groups is 1. The van der Waals surface area contributed by atoms with E-state index in [1.165, 1.54) is 4.88 Å². The topological polar surface area (TPSA) is 69.6 Å². The van der Waals surface area contributed by atoms with Gasteiger partial charge in [0.1, 0.15) is 5.00 Å². The summed E-state index contributed by atoms with van der Waals surface area (Å²) in [4.78, 5) is 29.1. The Morgan fingerprint density at radius 1 is 1.14 bits per heavy atom. The summed E-state index contributed by atoms with van der Waals surface area (Å²) in [6.45, 7) is 1.60. The van der Waals surface area contributed by atoms with E-state index in [0.717, 1.165) is 50.6 Å². The average molecular weight is 399 g/mol. The van der Waals surface area contributed by atoms with Crippen molar-refractivity contribution < 1.29 is 14.7 Å². The van der Waals surface area contributed by atoms with Crippen LogP contribution in [0.2, 0.25) is 0 Å². The number of carbonyl (C=O) groups is 2. The summed E-state index contributed by atoms with van der Waals surface area (Å²) in [6.07, 6.45) is 5.43. The summed E-state index contributed by atoms with van der Waals surface area (Å²) in [5.41, 5.74) is 2.45. The molecule has 2 aliphatic rings. The molecule has 1 aromatic heterocycles. The van der Waals surface area contributed by atoms with Crippen molar-refractivity contribution in [3.8, 4) is 0 Å². The van der Waals surface area contributed by atoms with Crippen LogP contribution in [0, 0.1) is 0 Å². The van der Waals surface area contributed by atoms with Gasteiger partial charge < -0.3 is 10.4 Å². The van der Waals surface area contributed by atoms with Crippen LogP contribution in [0.4, 0.5) is 5.00 Å². The molecule has 2 heterocycles. The van der Waals surface area contributed by atoms with Gasteiger partial charge >= 0.3 is 0 Å². The second-order valence-electron chi connectivity index (χ2n) is 7.69. The van der Waals surface area contributed by atoms with Gasteiger partial charge in [0.15, 0.2) is 5.78 Å². The van der Waals surface area contributed by atoms with Gasteiger partial charge in [0.2, 0.25) is 5.91 Å². The summed E-state index contributed by atoms with van der Waals surface area (Å²) in [5, 5.41) is 13.5. The molecule has 1 aromatic carbocycles. The minimum atomic E-state index is -0.356. The Balaban J connectivity index is 1.57. The molecule has 1 aliphatic carbocycles. The van der Waals surface area contributed by atoms with E-state index in [1.807, 2.05) is 35.2 Å². The highest BCUT2D eigenvalue weighted by atomic mass is 32.1. The van der Waals surface area contributed by atoms with Gasteiger partial charge in [-0.1, -0.05) is 30.3 Å². The Morgan fingerprint density at radius 2 is 1.93 bits per heavy atom. The Kier molecular flexibility index (Phi) is 5.90. The largest absolute Gasteiger partial charge is 0.392 e. The third-order valence-corrected chi connectivity index (χ3v) is 6.74. The van der Waals surface area contributed by atoms with Gasteiger partial charge in [0.05, 0.1) is 18.2 Å². The van der Waals surface area contributed by atoms with Crippen molar-refractivity contribution >= 4 is 28.0 Å². The molecule has 0 spiro atoms. The second kappa shape index (κ2) is 8.55. The van der Waals surface area contributed by atoms with E-state index < -0.39 is 0 Å². The van der Waals surface area contributed by atoms with Gasteiger partial charge in [0.25, 0.3) is 0 Å². The third kappa shape index (κ3) is 4.19. The molecule has 0 saturated carbocycles. The predicted octanol–water partition coefficient (Wildman–Crippen LogP) is 3.25. The van der Waals surface area contributed by atoms with Crippen LogP contribution >= 0.6 is 11.3 Å². The molecule has 28 heavy (non-hydrogen) atoms. The van der Waals surface area contributed by atoms with E-state index in [-0.39, 0.29) is 24.3 Å². The van der Waals surface area contributed by atoms with Crippen LogP contribution in [0.25, 0.3) is 0 Å². The number of nitrogens with zero attached hydrogens (tertiary/aromatic N) is 1. The number of aliphatic hydroxyl groups excluding tert-OH is 1. The number of benzene rings is 1. The number of rotatable bonds is 5. The molecule has 1 saturated heterocycles. The number of thiophene rings is 1. The lowest BCUT2D eigenvalue weighted by Crippen LogP contribution is -2.42. The highest BCUT2D eigenvalue weighted by Gasteiger charge is 2.27. The molecule has 1 atom stereocenters. The number of amides is 1. The molecule has 0 radical (unpaired) electrons. The summed E-state index contributed by atoms with van der Waals surface area (Å²) >= 11 is 1.56. The molecule has 6 heteroatoms. The first-order chi connectivity index (χ1) is 13.6. The first-order valence-corrected chi connectivity index (χ1v) is 10.9. The van der Waals surface area contributed by atoms with Gasteiger partial charge in [0, 0.05) is 17.0 Å². The fraction of sp³-hybridized carbons (Fsp3) is 0.455. The molecule has 1 unspecified atom stereocenters. The van der Waals surface area contributed by atoms with Crippen LogP contribution < -0.4 is 5.32 Å². The normalized spacial score (nSPS) is 19.8. The van der Waals surface area contributed by atoms with Crippen LogP contribution in [0.3, 0.4) is 0 Å². The number of anilines is 1. The number of aryl methyl sites for hydroxylation is 1. The number of fused-ring (bicyclic) bond motifs is 1. The van der Waals surface area contributed by atoms with E-state index in [9.17, 15) is 14.7 Å². The SMILES string of the molecule is O=C(CN1CCCC(O)C1)Nc1sc2c(c1C(=O)c1ccccc1)CCCC2. The Labute approximate surface area is 169 Å². The number of hydrogen-bond acceptors (Lipinski definition) is 5. The summed E-state index contributed by atoms with van der Waals surface area (Å²) in [5.74, 6) is -0.126.